The second-order valence-corrected chi connectivity index (χ2v) is 8.37. The molecule has 0 aliphatic carbocycles. The number of fused-ring (bicyclic) bond motifs is 2. The quantitative estimate of drug-likeness (QED) is 0.665. The molecule has 1 N–H and O–H groups in total. The van der Waals surface area contributed by atoms with Gasteiger partial charge in [0, 0.05) is 25.7 Å². The first kappa shape index (κ1) is 20.6. The summed E-state index contributed by atoms with van der Waals surface area (Å²) in [5.41, 5.74) is 5.49. The van der Waals surface area contributed by atoms with Crippen LogP contribution in [0.3, 0.4) is 0 Å². The Morgan fingerprint density at radius 2 is 1.94 bits per heavy atom. The van der Waals surface area contributed by atoms with Gasteiger partial charge in [-0.2, -0.15) is 5.10 Å². The van der Waals surface area contributed by atoms with E-state index in [-0.39, 0.29) is 18.7 Å². The largest absolute Gasteiger partial charge is 0.454 e. The molecule has 0 bridgehead atoms. The van der Waals surface area contributed by atoms with Gasteiger partial charge < -0.3 is 14.8 Å². The van der Waals surface area contributed by atoms with Crippen LogP contribution in [0.1, 0.15) is 30.7 Å². The third kappa shape index (κ3) is 3.62. The number of amides is 1. The number of hydrogen-bond acceptors (Lipinski definition) is 5. The maximum absolute atomic E-state index is 13.3. The number of rotatable bonds is 5. The van der Waals surface area contributed by atoms with Gasteiger partial charge in [0.2, 0.25) is 12.7 Å². The molecule has 166 valence electrons. The number of aromatic nitrogens is 2. The minimum absolute atomic E-state index is 0.0305. The molecule has 1 atom stereocenters. The number of nitrogens with zero attached hydrogens (tertiary/aromatic N) is 3. The van der Waals surface area contributed by atoms with Crippen molar-refractivity contribution in [3.05, 3.63) is 59.3 Å². The van der Waals surface area contributed by atoms with E-state index < -0.39 is 0 Å². The van der Waals surface area contributed by atoms with Crippen molar-refractivity contribution in [2.75, 3.05) is 18.7 Å². The Hall–Kier alpha value is -3.32. The summed E-state index contributed by atoms with van der Waals surface area (Å²) in [6, 6.07) is 14.1. The number of anilines is 1. The predicted molar refractivity (Wildman–Crippen MR) is 123 cm³/mol. The zero-order valence-electron chi connectivity index (χ0n) is 18.7. The fraction of sp³-hybridized carbons (Fsp3) is 0.360. The van der Waals surface area contributed by atoms with E-state index in [1.54, 1.807) is 4.68 Å². The summed E-state index contributed by atoms with van der Waals surface area (Å²) >= 11 is 0. The molecule has 1 amide bonds. The van der Waals surface area contributed by atoms with Crippen LogP contribution in [0.2, 0.25) is 0 Å². The van der Waals surface area contributed by atoms with Crippen LogP contribution in [0, 0.1) is 0 Å². The molecule has 2 aromatic carbocycles. The average Bonchev–Trinajstić information content (AvgIpc) is 3.41. The lowest BCUT2D eigenvalue weighted by atomic mass is 9.98. The first-order chi connectivity index (χ1) is 15.5. The minimum Gasteiger partial charge on any atom is -0.454 e. The predicted octanol–water partition coefficient (Wildman–Crippen LogP) is 3.76. The molecule has 0 spiro atoms. The average molecular weight is 433 g/mol. The fourth-order valence-electron chi connectivity index (χ4n) is 4.56. The maximum atomic E-state index is 13.3. The Balaban J connectivity index is 1.41. The minimum atomic E-state index is -0.257. The molecular weight excluding hydrogens is 404 g/mol. The smallest absolute Gasteiger partial charge is 0.242 e. The summed E-state index contributed by atoms with van der Waals surface area (Å²) in [5, 5.41) is 7.84. The summed E-state index contributed by atoms with van der Waals surface area (Å²) < 4.78 is 12.8. The van der Waals surface area contributed by atoms with Crippen molar-refractivity contribution in [3.8, 4) is 22.6 Å². The second-order valence-electron chi connectivity index (χ2n) is 8.37. The zero-order valence-corrected chi connectivity index (χ0v) is 18.7. The van der Waals surface area contributed by atoms with Crippen LogP contribution in [0.25, 0.3) is 11.1 Å². The first-order valence-corrected chi connectivity index (χ1v) is 11.1. The van der Waals surface area contributed by atoms with E-state index in [0.717, 1.165) is 48.5 Å². The van der Waals surface area contributed by atoms with Crippen LogP contribution in [0.15, 0.2) is 42.5 Å². The molecule has 7 nitrogen and oxygen atoms in total. The van der Waals surface area contributed by atoms with Gasteiger partial charge in [-0.15, -0.1) is 0 Å². The van der Waals surface area contributed by atoms with Crippen molar-refractivity contribution in [3.63, 3.8) is 0 Å². The van der Waals surface area contributed by atoms with Gasteiger partial charge in [0.05, 0.1) is 11.7 Å². The number of benzene rings is 2. The van der Waals surface area contributed by atoms with Crippen molar-refractivity contribution >= 4 is 11.7 Å². The summed E-state index contributed by atoms with van der Waals surface area (Å²) in [7, 11) is 1.87. The molecule has 5 rings (SSSR count). The zero-order chi connectivity index (χ0) is 22.2. The van der Waals surface area contributed by atoms with Gasteiger partial charge in [-0.25, -0.2) is 0 Å². The molecule has 0 radical (unpaired) electrons. The molecule has 1 unspecified atom stereocenters. The number of carbonyl (C=O) groups is 1. The van der Waals surface area contributed by atoms with E-state index in [0.29, 0.717) is 11.6 Å². The third-order valence-electron chi connectivity index (χ3n) is 6.44. The number of nitrogens with one attached hydrogen (secondary N) is 1. The molecule has 3 aromatic rings. The lowest BCUT2D eigenvalue weighted by molar-refractivity contribution is -0.121. The Kier molecular flexibility index (Phi) is 5.35. The molecule has 2 aliphatic rings. The van der Waals surface area contributed by atoms with Gasteiger partial charge in [0.15, 0.2) is 11.5 Å². The summed E-state index contributed by atoms with van der Waals surface area (Å²) in [5.74, 6) is 2.12. The Bertz CT molecular complexity index is 1170. The van der Waals surface area contributed by atoms with Gasteiger partial charge in [-0.05, 0) is 48.6 Å². The lowest BCUT2D eigenvalue weighted by Gasteiger charge is -2.32. The number of aryl methyl sites for hydroxylation is 2. The van der Waals surface area contributed by atoms with Crippen LogP contribution in [-0.2, 0) is 31.2 Å². The maximum Gasteiger partial charge on any atom is 0.242 e. The van der Waals surface area contributed by atoms with E-state index in [2.05, 4.69) is 46.5 Å². The van der Waals surface area contributed by atoms with Gasteiger partial charge in [0.25, 0.3) is 0 Å². The molecule has 0 fully saturated rings. The number of hydrogen-bond donors (Lipinski definition) is 1. The van der Waals surface area contributed by atoms with Crippen molar-refractivity contribution < 1.29 is 14.3 Å². The Morgan fingerprint density at radius 1 is 1.16 bits per heavy atom. The van der Waals surface area contributed by atoms with Gasteiger partial charge >= 0.3 is 0 Å². The molecule has 3 heterocycles. The highest BCUT2D eigenvalue weighted by molar-refractivity contribution is 5.98. The monoisotopic (exact) mass is 432 g/mol. The van der Waals surface area contributed by atoms with E-state index in [1.807, 2.05) is 32.2 Å². The molecule has 0 saturated carbocycles. The van der Waals surface area contributed by atoms with Crippen LogP contribution >= 0.6 is 0 Å². The molecule has 2 aliphatic heterocycles. The SMILES string of the molecule is CCc1nn(C)c(NC(=O)C(C)N2CCc3ccccc3C2)c1-c1ccc2c(c1)OCO2. The topological polar surface area (TPSA) is 68.6 Å². The molecule has 0 saturated heterocycles. The molecule has 32 heavy (non-hydrogen) atoms. The fourth-order valence-corrected chi connectivity index (χ4v) is 4.56. The van der Waals surface area contributed by atoms with E-state index in [9.17, 15) is 4.79 Å². The van der Waals surface area contributed by atoms with Crippen molar-refractivity contribution in [1.82, 2.24) is 14.7 Å². The van der Waals surface area contributed by atoms with E-state index in [4.69, 9.17) is 9.47 Å². The van der Waals surface area contributed by atoms with Crippen LogP contribution in [0.4, 0.5) is 5.82 Å². The number of ether oxygens (including phenoxy) is 2. The second kappa shape index (κ2) is 8.31. The Morgan fingerprint density at radius 3 is 2.75 bits per heavy atom. The van der Waals surface area contributed by atoms with E-state index >= 15 is 0 Å². The summed E-state index contributed by atoms with van der Waals surface area (Å²) in [6.45, 7) is 5.92. The standard InChI is InChI=1S/C25H28N4O3/c1-4-20-23(18-9-10-21-22(13-18)32-15-31-21)24(28(3)27-20)26-25(30)16(2)29-12-11-17-7-5-6-8-19(17)14-29/h5-10,13,16H,4,11-12,14-15H2,1-3H3,(H,26,30). The van der Waals surface area contributed by atoms with Crippen LogP contribution < -0.4 is 14.8 Å². The van der Waals surface area contributed by atoms with Crippen molar-refractivity contribution in [1.29, 1.82) is 0 Å². The van der Waals surface area contributed by atoms with Crippen LogP contribution in [0.5, 0.6) is 11.5 Å². The first-order valence-electron chi connectivity index (χ1n) is 11.1. The van der Waals surface area contributed by atoms with Gasteiger partial charge in [-0.1, -0.05) is 37.3 Å². The van der Waals surface area contributed by atoms with Crippen LogP contribution in [-0.4, -0.2) is 40.0 Å². The highest BCUT2D eigenvalue weighted by atomic mass is 16.7. The van der Waals surface area contributed by atoms with Gasteiger partial charge in [0.1, 0.15) is 5.82 Å². The molecule has 7 heteroatoms. The highest BCUT2D eigenvalue weighted by Crippen LogP contribution is 2.39. The highest BCUT2D eigenvalue weighted by Gasteiger charge is 2.28. The normalized spacial score (nSPS) is 16.0. The van der Waals surface area contributed by atoms with Crippen molar-refractivity contribution in [2.45, 2.75) is 39.3 Å². The van der Waals surface area contributed by atoms with E-state index in [1.165, 1.54) is 11.1 Å². The molecule has 1 aromatic heterocycles. The molecular formula is C25H28N4O3. The third-order valence-corrected chi connectivity index (χ3v) is 6.44. The van der Waals surface area contributed by atoms with Gasteiger partial charge in [-0.3, -0.25) is 14.4 Å². The summed E-state index contributed by atoms with van der Waals surface area (Å²) in [6.07, 6.45) is 1.72. The lowest BCUT2D eigenvalue weighted by Crippen LogP contribution is -2.44. The number of carbonyl (C=O) groups excluding carboxylic acids is 1. The van der Waals surface area contributed by atoms with Crippen molar-refractivity contribution in [2.24, 2.45) is 7.05 Å². The Labute approximate surface area is 187 Å². The summed E-state index contributed by atoms with van der Waals surface area (Å²) in [4.78, 5) is 15.5.